The molecular weight excluding hydrogens is 437 g/mol. The molecule has 1 spiro atoms. The third-order valence-corrected chi connectivity index (χ3v) is 7.72. The first-order valence-corrected chi connectivity index (χ1v) is 11.6. The van der Waals surface area contributed by atoms with E-state index in [9.17, 15) is 26.4 Å². The Labute approximate surface area is 178 Å². The van der Waals surface area contributed by atoms with Crippen LogP contribution in [0.1, 0.15) is 32.1 Å². The van der Waals surface area contributed by atoms with Gasteiger partial charge in [-0.25, -0.2) is 8.42 Å². The van der Waals surface area contributed by atoms with E-state index in [4.69, 9.17) is 4.74 Å². The van der Waals surface area contributed by atoms with E-state index in [-0.39, 0.29) is 24.7 Å². The largest absolute Gasteiger partial charge is 0.573 e. The number of carbonyl (C=O) groups excluding carboxylic acids is 1. The van der Waals surface area contributed by atoms with Crippen LogP contribution < -0.4 is 9.64 Å². The molecule has 11 heteroatoms. The average Bonchev–Trinajstić information content (AvgIpc) is 3.31. The third kappa shape index (κ3) is 4.67. The highest BCUT2D eigenvalue weighted by atomic mass is 32.2. The van der Waals surface area contributed by atoms with Crippen LogP contribution in [0.4, 0.5) is 18.9 Å². The summed E-state index contributed by atoms with van der Waals surface area (Å²) in [6.45, 7) is 1.44. The lowest BCUT2D eigenvalue weighted by Crippen LogP contribution is -2.46. The lowest BCUT2D eigenvalue weighted by Gasteiger charge is -2.36. The van der Waals surface area contributed by atoms with Crippen molar-refractivity contribution in [3.63, 3.8) is 0 Å². The van der Waals surface area contributed by atoms with Gasteiger partial charge in [0.1, 0.15) is 11.5 Å². The van der Waals surface area contributed by atoms with E-state index in [0.29, 0.717) is 50.3 Å². The fourth-order valence-corrected chi connectivity index (χ4v) is 5.74. The number of carbonyl (C=O) groups is 1. The molecule has 0 radical (unpaired) electrons. The number of rotatable bonds is 4. The first-order valence-electron chi connectivity index (χ1n) is 10.1. The molecule has 0 unspecified atom stereocenters. The minimum absolute atomic E-state index is 0.119. The average molecular weight is 460 g/mol. The van der Waals surface area contributed by atoms with E-state index >= 15 is 0 Å². The molecule has 0 aromatic heterocycles. The number of alkyl halides is 3. The molecule has 3 fully saturated rings. The van der Waals surface area contributed by atoms with Crippen molar-refractivity contribution in [1.29, 1.82) is 0 Å². The molecule has 0 atom stereocenters. The first-order chi connectivity index (χ1) is 14.6. The smallest absolute Gasteiger partial charge is 0.497 e. The maximum absolute atomic E-state index is 13.1. The van der Waals surface area contributed by atoms with Crippen molar-refractivity contribution in [2.24, 2.45) is 5.41 Å². The highest BCUT2D eigenvalue weighted by molar-refractivity contribution is 7.92. The number of piperidine rings is 1. The summed E-state index contributed by atoms with van der Waals surface area (Å²) in [4.78, 5) is 14.7. The van der Waals surface area contributed by atoms with Crippen molar-refractivity contribution in [2.75, 3.05) is 31.1 Å². The normalized spacial score (nSPS) is 23.5. The number of benzene rings is 1. The molecule has 3 saturated heterocycles. The number of halogens is 3. The van der Waals surface area contributed by atoms with Gasteiger partial charge in [0.2, 0.25) is 15.9 Å². The lowest BCUT2D eigenvalue weighted by atomic mass is 9.77. The van der Waals surface area contributed by atoms with E-state index in [1.165, 1.54) is 34.0 Å². The maximum Gasteiger partial charge on any atom is 0.573 e. The fourth-order valence-electron chi connectivity index (χ4n) is 4.38. The van der Waals surface area contributed by atoms with Crippen molar-refractivity contribution in [3.05, 3.63) is 35.4 Å². The third-order valence-electron chi connectivity index (χ3n) is 6.07. The number of allylic oxidation sites excluding steroid dienone is 1. The number of ether oxygens (including phenoxy) is 2. The van der Waals surface area contributed by atoms with Crippen LogP contribution in [0.15, 0.2) is 35.4 Å². The number of anilines is 1. The Kier molecular flexibility index (Phi) is 5.67. The van der Waals surface area contributed by atoms with Crippen LogP contribution in [-0.4, -0.2) is 51.2 Å². The van der Waals surface area contributed by atoms with Gasteiger partial charge in [0.05, 0.1) is 17.4 Å². The number of amides is 1. The molecule has 0 N–H and O–H groups in total. The van der Waals surface area contributed by atoms with Crippen molar-refractivity contribution >= 4 is 21.6 Å². The molecule has 3 aliphatic heterocycles. The van der Waals surface area contributed by atoms with Gasteiger partial charge in [-0.3, -0.25) is 4.79 Å². The van der Waals surface area contributed by atoms with Crippen LogP contribution in [0, 0.1) is 5.41 Å². The predicted molar refractivity (Wildman–Crippen MR) is 106 cm³/mol. The van der Waals surface area contributed by atoms with Gasteiger partial charge in [-0.2, -0.15) is 4.31 Å². The summed E-state index contributed by atoms with van der Waals surface area (Å²) >= 11 is 0. The monoisotopic (exact) mass is 460 g/mol. The minimum Gasteiger partial charge on any atom is -0.497 e. The molecule has 1 amide bonds. The standard InChI is InChI=1S/C20H23F3N2O5S/c21-20(22,23)30-16-5-3-15(4-6-16)25-12-9-19(18(25)26)7-10-24(11-8-19)31(27,28)14-17-2-1-13-29-17/h3-6,14H,1-2,7-13H2. The molecule has 0 saturated carbocycles. The van der Waals surface area contributed by atoms with Crippen LogP contribution in [0.3, 0.4) is 0 Å². The van der Waals surface area contributed by atoms with Crippen molar-refractivity contribution in [1.82, 2.24) is 4.31 Å². The van der Waals surface area contributed by atoms with E-state index in [2.05, 4.69) is 4.74 Å². The fraction of sp³-hybridized carbons (Fsp3) is 0.550. The number of sulfonamides is 1. The van der Waals surface area contributed by atoms with Crippen LogP contribution in [-0.2, 0) is 19.6 Å². The van der Waals surface area contributed by atoms with Crippen molar-refractivity contribution in [3.8, 4) is 5.75 Å². The van der Waals surface area contributed by atoms with Gasteiger partial charge < -0.3 is 14.4 Å². The SMILES string of the molecule is O=C1N(c2ccc(OC(F)(F)F)cc2)CCC12CCN(S(=O)(=O)C=C1CCCO1)CC2. The summed E-state index contributed by atoms with van der Waals surface area (Å²) in [5.74, 6) is 0.00404. The molecule has 170 valence electrons. The summed E-state index contributed by atoms with van der Waals surface area (Å²) in [5.41, 5.74) is -0.154. The van der Waals surface area contributed by atoms with Crippen LogP contribution >= 0.6 is 0 Å². The van der Waals surface area contributed by atoms with E-state index in [1.54, 1.807) is 4.90 Å². The van der Waals surface area contributed by atoms with Crippen molar-refractivity contribution < 1.29 is 35.9 Å². The Balaban J connectivity index is 1.41. The van der Waals surface area contributed by atoms with Gasteiger partial charge in [0.15, 0.2) is 0 Å². The molecule has 1 aromatic carbocycles. The quantitative estimate of drug-likeness (QED) is 0.689. The molecule has 31 heavy (non-hydrogen) atoms. The summed E-state index contributed by atoms with van der Waals surface area (Å²) < 4.78 is 72.8. The molecular formula is C20H23F3N2O5S. The predicted octanol–water partition coefficient (Wildman–Crippen LogP) is 3.39. The van der Waals surface area contributed by atoms with Gasteiger partial charge in [-0.1, -0.05) is 0 Å². The maximum atomic E-state index is 13.1. The van der Waals surface area contributed by atoms with Crippen molar-refractivity contribution in [2.45, 2.75) is 38.5 Å². The van der Waals surface area contributed by atoms with E-state index in [0.717, 1.165) is 6.42 Å². The van der Waals surface area contributed by atoms with Gasteiger partial charge >= 0.3 is 6.36 Å². The number of nitrogens with zero attached hydrogens (tertiary/aromatic N) is 2. The molecule has 1 aromatic rings. The summed E-state index contributed by atoms with van der Waals surface area (Å²) in [7, 11) is -3.60. The topological polar surface area (TPSA) is 76.2 Å². The molecule has 3 heterocycles. The van der Waals surface area contributed by atoms with Crippen LogP contribution in [0.2, 0.25) is 0 Å². The zero-order chi connectivity index (χ0) is 22.3. The zero-order valence-electron chi connectivity index (χ0n) is 16.7. The summed E-state index contributed by atoms with van der Waals surface area (Å²) in [5, 5.41) is 1.19. The Morgan fingerprint density at radius 1 is 1.06 bits per heavy atom. The van der Waals surface area contributed by atoms with Crippen LogP contribution in [0.5, 0.6) is 5.75 Å². The first kappa shape index (κ1) is 21.9. The van der Waals surface area contributed by atoms with Crippen LogP contribution in [0.25, 0.3) is 0 Å². The molecule has 0 aliphatic carbocycles. The van der Waals surface area contributed by atoms with E-state index in [1.807, 2.05) is 0 Å². The number of hydrogen-bond acceptors (Lipinski definition) is 5. The zero-order valence-corrected chi connectivity index (χ0v) is 17.5. The highest BCUT2D eigenvalue weighted by Crippen LogP contribution is 2.44. The highest BCUT2D eigenvalue weighted by Gasteiger charge is 2.49. The lowest BCUT2D eigenvalue weighted by molar-refractivity contribution is -0.274. The Hall–Kier alpha value is -2.27. The Morgan fingerprint density at radius 2 is 1.71 bits per heavy atom. The number of hydrogen-bond donors (Lipinski definition) is 0. The van der Waals surface area contributed by atoms with E-state index < -0.39 is 21.8 Å². The Morgan fingerprint density at radius 3 is 2.29 bits per heavy atom. The van der Waals surface area contributed by atoms with Gasteiger partial charge in [-0.15, -0.1) is 13.2 Å². The molecule has 3 aliphatic rings. The molecule has 4 rings (SSSR count). The second-order valence-corrected chi connectivity index (χ2v) is 9.79. The summed E-state index contributed by atoms with van der Waals surface area (Å²) in [6.07, 6.45) is -1.98. The van der Waals surface area contributed by atoms with Gasteiger partial charge in [0, 0.05) is 31.7 Å². The second kappa shape index (κ2) is 8.01. The second-order valence-electron chi connectivity index (χ2n) is 8.01. The van der Waals surface area contributed by atoms with Gasteiger partial charge in [-0.05, 0) is 49.9 Å². The van der Waals surface area contributed by atoms with Gasteiger partial charge in [0.25, 0.3) is 0 Å². The summed E-state index contributed by atoms with van der Waals surface area (Å²) in [6, 6.07) is 5.19. The molecule has 0 bridgehead atoms. The Bertz CT molecular complexity index is 960. The minimum atomic E-state index is -4.77. The molecule has 7 nitrogen and oxygen atoms in total.